The molecular formula is C25H25N3O4S. The molecule has 2 heterocycles. The van der Waals surface area contributed by atoms with Crippen LogP contribution in [0, 0.1) is 0 Å². The van der Waals surface area contributed by atoms with E-state index in [1.165, 1.54) is 0 Å². The zero-order valence-corrected chi connectivity index (χ0v) is 19.2. The molecule has 1 aliphatic heterocycles. The first-order chi connectivity index (χ1) is 16.1. The highest BCUT2D eigenvalue weighted by molar-refractivity contribution is 7.99. The third-order valence-corrected chi connectivity index (χ3v) is 6.74. The zero-order valence-electron chi connectivity index (χ0n) is 18.4. The number of amides is 2. The van der Waals surface area contributed by atoms with Gasteiger partial charge in [0, 0.05) is 17.5 Å². The van der Waals surface area contributed by atoms with Gasteiger partial charge in [-0.25, -0.2) is 0 Å². The van der Waals surface area contributed by atoms with Gasteiger partial charge in [0.05, 0.1) is 26.5 Å². The molecule has 1 aliphatic rings. The average molecular weight is 464 g/mol. The van der Waals surface area contributed by atoms with Gasteiger partial charge in [0.15, 0.2) is 11.5 Å². The zero-order chi connectivity index (χ0) is 23.2. The number of hydrogen-bond acceptors (Lipinski definition) is 6. The molecule has 33 heavy (non-hydrogen) atoms. The maximum atomic E-state index is 13.6. The first-order valence-corrected chi connectivity index (χ1v) is 11.6. The van der Waals surface area contributed by atoms with Crippen molar-refractivity contribution in [3.05, 3.63) is 89.7 Å². The van der Waals surface area contributed by atoms with Gasteiger partial charge in [0.25, 0.3) is 5.91 Å². The van der Waals surface area contributed by atoms with Gasteiger partial charge >= 0.3 is 0 Å². The first kappa shape index (κ1) is 22.7. The number of methoxy groups -OCH3 is 2. The van der Waals surface area contributed by atoms with E-state index in [9.17, 15) is 9.59 Å². The van der Waals surface area contributed by atoms with Crippen LogP contribution in [0.15, 0.2) is 72.9 Å². The van der Waals surface area contributed by atoms with Crippen molar-refractivity contribution in [3.63, 3.8) is 0 Å². The SMILES string of the molecule is COc1ccc(C2SCC(C(=O)NCc3ccccn3)N2C(=O)c2ccccc2)cc1OC. The summed E-state index contributed by atoms with van der Waals surface area (Å²) in [7, 11) is 3.15. The van der Waals surface area contributed by atoms with Crippen LogP contribution < -0.4 is 14.8 Å². The summed E-state index contributed by atoms with van der Waals surface area (Å²) >= 11 is 1.55. The molecule has 1 N–H and O–H groups in total. The lowest BCUT2D eigenvalue weighted by Gasteiger charge is -2.29. The second-order valence-electron chi connectivity index (χ2n) is 7.43. The van der Waals surface area contributed by atoms with E-state index in [0.29, 0.717) is 29.4 Å². The van der Waals surface area contributed by atoms with Crippen LogP contribution in [0.3, 0.4) is 0 Å². The predicted molar refractivity (Wildman–Crippen MR) is 127 cm³/mol. The molecule has 0 saturated carbocycles. The van der Waals surface area contributed by atoms with Crippen LogP contribution in [0.5, 0.6) is 11.5 Å². The number of thioether (sulfide) groups is 1. The minimum Gasteiger partial charge on any atom is -0.493 e. The molecule has 7 nitrogen and oxygen atoms in total. The fraction of sp³-hybridized carbons (Fsp3) is 0.240. The molecule has 1 saturated heterocycles. The summed E-state index contributed by atoms with van der Waals surface area (Å²) in [5, 5.41) is 2.59. The second-order valence-corrected chi connectivity index (χ2v) is 8.55. The van der Waals surface area contributed by atoms with E-state index in [-0.39, 0.29) is 17.2 Å². The van der Waals surface area contributed by atoms with Crippen molar-refractivity contribution in [1.82, 2.24) is 15.2 Å². The number of nitrogens with one attached hydrogen (secondary N) is 1. The number of hydrogen-bond donors (Lipinski definition) is 1. The maximum Gasteiger partial charge on any atom is 0.255 e. The van der Waals surface area contributed by atoms with Gasteiger partial charge in [0.2, 0.25) is 5.91 Å². The number of carbonyl (C=O) groups excluding carboxylic acids is 2. The van der Waals surface area contributed by atoms with Gasteiger partial charge in [-0.05, 0) is 42.0 Å². The molecule has 2 amide bonds. The van der Waals surface area contributed by atoms with Crippen LogP contribution in [0.2, 0.25) is 0 Å². The van der Waals surface area contributed by atoms with E-state index in [1.807, 2.05) is 54.6 Å². The van der Waals surface area contributed by atoms with Crippen molar-refractivity contribution >= 4 is 23.6 Å². The van der Waals surface area contributed by atoms with E-state index in [0.717, 1.165) is 11.3 Å². The smallest absolute Gasteiger partial charge is 0.255 e. The molecule has 0 spiro atoms. The van der Waals surface area contributed by atoms with Crippen molar-refractivity contribution in [2.45, 2.75) is 18.0 Å². The van der Waals surface area contributed by atoms with Crippen molar-refractivity contribution in [2.75, 3.05) is 20.0 Å². The number of ether oxygens (including phenoxy) is 2. The van der Waals surface area contributed by atoms with Gasteiger partial charge in [-0.15, -0.1) is 11.8 Å². The van der Waals surface area contributed by atoms with E-state index in [4.69, 9.17) is 9.47 Å². The van der Waals surface area contributed by atoms with Crippen LogP contribution in [0.25, 0.3) is 0 Å². The highest BCUT2D eigenvalue weighted by atomic mass is 32.2. The Hall–Kier alpha value is -3.52. The minimum absolute atomic E-state index is 0.196. The van der Waals surface area contributed by atoms with Gasteiger partial charge in [0.1, 0.15) is 11.4 Å². The fourth-order valence-electron chi connectivity index (χ4n) is 3.75. The molecule has 2 atom stereocenters. The van der Waals surface area contributed by atoms with Crippen LogP contribution >= 0.6 is 11.8 Å². The third-order valence-electron chi connectivity index (χ3n) is 5.42. The summed E-state index contributed by atoms with van der Waals surface area (Å²) in [5.74, 6) is 1.26. The molecule has 0 aliphatic carbocycles. The van der Waals surface area contributed by atoms with Crippen LogP contribution in [-0.4, -0.2) is 47.7 Å². The third kappa shape index (κ3) is 4.96. The molecular weight excluding hydrogens is 438 g/mol. The molecule has 1 aromatic heterocycles. The molecule has 170 valence electrons. The average Bonchev–Trinajstić information content (AvgIpc) is 3.32. The number of carbonyl (C=O) groups is 2. The monoisotopic (exact) mass is 463 g/mol. The summed E-state index contributed by atoms with van der Waals surface area (Å²) in [4.78, 5) is 32.6. The Kier molecular flexibility index (Phi) is 7.14. The standard InChI is InChI=1S/C25H25N3O4S/c1-31-21-12-11-18(14-22(21)32-2)25-28(24(30)17-8-4-3-5-9-17)20(16-33-25)23(29)27-15-19-10-6-7-13-26-19/h3-14,20,25H,15-16H2,1-2H3,(H,27,29). The maximum absolute atomic E-state index is 13.6. The Bertz CT molecular complexity index is 1110. The molecule has 0 radical (unpaired) electrons. The molecule has 4 rings (SSSR count). The summed E-state index contributed by atoms with van der Waals surface area (Å²) in [6.45, 7) is 0.301. The van der Waals surface area contributed by atoms with E-state index >= 15 is 0 Å². The quantitative estimate of drug-likeness (QED) is 0.576. The van der Waals surface area contributed by atoms with Crippen molar-refractivity contribution in [1.29, 1.82) is 0 Å². The topological polar surface area (TPSA) is 80.8 Å². The van der Waals surface area contributed by atoms with Crippen LogP contribution in [0.1, 0.15) is 27.0 Å². The lowest BCUT2D eigenvalue weighted by atomic mass is 10.1. The number of nitrogens with zero attached hydrogens (tertiary/aromatic N) is 2. The van der Waals surface area contributed by atoms with Crippen molar-refractivity contribution < 1.29 is 19.1 Å². The molecule has 1 fully saturated rings. The van der Waals surface area contributed by atoms with Gasteiger partial charge in [-0.2, -0.15) is 0 Å². The number of aromatic nitrogens is 1. The molecule has 0 bridgehead atoms. The second kappa shape index (κ2) is 10.4. The Morgan fingerprint density at radius 1 is 1.03 bits per heavy atom. The van der Waals surface area contributed by atoms with Gasteiger partial charge < -0.3 is 19.7 Å². The summed E-state index contributed by atoms with van der Waals surface area (Å²) in [5.41, 5.74) is 2.16. The highest BCUT2D eigenvalue weighted by Crippen LogP contribution is 2.44. The lowest BCUT2D eigenvalue weighted by molar-refractivity contribution is -0.125. The van der Waals surface area contributed by atoms with E-state index < -0.39 is 6.04 Å². The molecule has 2 aromatic carbocycles. The Balaban J connectivity index is 1.63. The van der Waals surface area contributed by atoms with Gasteiger partial charge in [-0.1, -0.05) is 30.3 Å². The van der Waals surface area contributed by atoms with Gasteiger partial charge in [-0.3, -0.25) is 14.6 Å². The normalized spacial score (nSPS) is 17.5. The highest BCUT2D eigenvalue weighted by Gasteiger charge is 2.42. The summed E-state index contributed by atoms with van der Waals surface area (Å²) in [6.07, 6.45) is 1.69. The summed E-state index contributed by atoms with van der Waals surface area (Å²) < 4.78 is 10.8. The number of pyridine rings is 1. The Labute approximate surface area is 197 Å². The first-order valence-electron chi connectivity index (χ1n) is 10.5. The molecule has 3 aromatic rings. The molecule has 8 heteroatoms. The van der Waals surface area contributed by atoms with E-state index in [2.05, 4.69) is 10.3 Å². The van der Waals surface area contributed by atoms with Crippen molar-refractivity contribution in [2.24, 2.45) is 0 Å². The fourth-order valence-corrected chi connectivity index (χ4v) is 5.17. The van der Waals surface area contributed by atoms with Crippen LogP contribution in [-0.2, 0) is 11.3 Å². The minimum atomic E-state index is -0.621. The van der Waals surface area contributed by atoms with E-state index in [1.54, 1.807) is 49.2 Å². The Morgan fingerprint density at radius 2 is 1.79 bits per heavy atom. The predicted octanol–water partition coefficient (Wildman–Crippen LogP) is 3.67. The molecule has 2 unspecified atom stereocenters. The lowest BCUT2D eigenvalue weighted by Crippen LogP contribution is -2.47. The summed E-state index contributed by atoms with van der Waals surface area (Å²) in [6, 6.07) is 19.5. The number of benzene rings is 2. The van der Waals surface area contributed by atoms with Crippen molar-refractivity contribution in [3.8, 4) is 11.5 Å². The Morgan fingerprint density at radius 3 is 2.48 bits per heavy atom. The number of rotatable bonds is 7. The van der Waals surface area contributed by atoms with Crippen LogP contribution in [0.4, 0.5) is 0 Å². The largest absolute Gasteiger partial charge is 0.493 e.